The molecule has 0 bridgehead atoms. The van der Waals surface area contributed by atoms with Gasteiger partial charge in [-0.2, -0.15) is 0 Å². The van der Waals surface area contributed by atoms with Gasteiger partial charge in [0.1, 0.15) is 0 Å². The molecule has 0 heterocycles. The Morgan fingerprint density at radius 2 is 1.54 bits per heavy atom. The monoisotopic (exact) mass is 326 g/mol. The molecule has 0 N–H and O–H groups in total. The lowest BCUT2D eigenvalue weighted by molar-refractivity contribution is 0.253. The molecule has 0 atom stereocenters. The third-order valence-corrected chi connectivity index (χ3v) is 3.99. The van der Waals surface area contributed by atoms with Crippen LogP contribution in [-0.2, 0) is 0 Å². The summed E-state index contributed by atoms with van der Waals surface area (Å²) >= 11 is 0. The predicted octanol–water partition coefficient (Wildman–Crippen LogP) is 4.81. The Morgan fingerprint density at radius 1 is 0.833 bits per heavy atom. The van der Waals surface area contributed by atoms with Crippen LogP contribution in [0.4, 0.5) is 25.0 Å². The first kappa shape index (κ1) is 15.9. The molecule has 3 aromatic carbocycles. The molecule has 0 aliphatic heterocycles. The Morgan fingerprint density at radius 3 is 2.29 bits per heavy atom. The third-order valence-electron chi connectivity index (χ3n) is 3.99. The Labute approximate surface area is 138 Å². The van der Waals surface area contributed by atoms with Crippen molar-refractivity contribution in [3.63, 3.8) is 0 Å². The number of nitrogens with zero attached hydrogens (tertiary/aromatic N) is 2. The second-order valence-electron chi connectivity index (χ2n) is 5.50. The van der Waals surface area contributed by atoms with E-state index in [0.29, 0.717) is 0 Å². The Kier molecular flexibility index (Phi) is 4.16. The number of rotatable bonds is 2. The van der Waals surface area contributed by atoms with E-state index in [-0.39, 0.29) is 11.7 Å². The van der Waals surface area contributed by atoms with E-state index < -0.39 is 11.6 Å². The molecule has 0 aliphatic carbocycles. The molecule has 3 nitrogen and oxygen atoms in total. The fourth-order valence-corrected chi connectivity index (χ4v) is 2.63. The zero-order valence-corrected chi connectivity index (χ0v) is 13.3. The summed E-state index contributed by atoms with van der Waals surface area (Å²) < 4.78 is 26.5. The molecule has 0 radical (unpaired) electrons. The summed E-state index contributed by atoms with van der Waals surface area (Å²) in [4.78, 5) is 15.5. The maximum Gasteiger partial charge on any atom is 0.328 e. The fraction of sp³-hybridized carbons (Fsp3) is 0.105. The van der Waals surface area contributed by atoms with Gasteiger partial charge in [0.15, 0.2) is 11.6 Å². The predicted molar refractivity (Wildman–Crippen MR) is 92.5 cm³/mol. The Bertz CT molecular complexity index is 906. The molecule has 0 aliphatic rings. The van der Waals surface area contributed by atoms with Crippen molar-refractivity contribution in [2.45, 2.75) is 0 Å². The SMILES string of the molecule is CN(C(=O)N(C)c1cccc2ccccc12)c1ccc(F)c(F)c1. The van der Waals surface area contributed by atoms with Crippen molar-refractivity contribution < 1.29 is 13.6 Å². The molecular weight excluding hydrogens is 310 g/mol. The van der Waals surface area contributed by atoms with Gasteiger partial charge in [0, 0.05) is 31.2 Å². The van der Waals surface area contributed by atoms with Gasteiger partial charge in [-0.1, -0.05) is 36.4 Å². The van der Waals surface area contributed by atoms with Crippen LogP contribution in [0.5, 0.6) is 0 Å². The number of halogens is 2. The number of carbonyl (C=O) groups excluding carboxylic acids is 1. The molecule has 5 heteroatoms. The van der Waals surface area contributed by atoms with Crippen molar-refractivity contribution in [1.82, 2.24) is 0 Å². The van der Waals surface area contributed by atoms with Crippen molar-refractivity contribution in [2.75, 3.05) is 23.9 Å². The van der Waals surface area contributed by atoms with E-state index >= 15 is 0 Å². The number of fused-ring (bicyclic) bond motifs is 1. The normalized spacial score (nSPS) is 10.7. The highest BCUT2D eigenvalue weighted by molar-refractivity contribution is 6.08. The van der Waals surface area contributed by atoms with Crippen molar-refractivity contribution in [1.29, 1.82) is 0 Å². The van der Waals surface area contributed by atoms with Gasteiger partial charge in [0.05, 0.1) is 5.69 Å². The summed E-state index contributed by atoms with van der Waals surface area (Å²) in [6, 6.07) is 16.5. The summed E-state index contributed by atoms with van der Waals surface area (Å²) in [6.07, 6.45) is 0. The molecule has 3 aromatic rings. The van der Waals surface area contributed by atoms with Gasteiger partial charge < -0.3 is 0 Å². The lowest BCUT2D eigenvalue weighted by Crippen LogP contribution is -2.39. The van der Waals surface area contributed by atoms with Gasteiger partial charge in [0.2, 0.25) is 0 Å². The molecule has 0 spiro atoms. The van der Waals surface area contributed by atoms with Crippen molar-refractivity contribution in [2.24, 2.45) is 0 Å². The number of anilines is 2. The van der Waals surface area contributed by atoms with E-state index in [0.717, 1.165) is 28.6 Å². The molecule has 3 rings (SSSR count). The van der Waals surface area contributed by atoms with Crippen LogP contribution in [0.3, 0.4) is 0 Å². The molecule has 0 fully saturated rings. The number of urea groups is 1. The summed E-state index contributed by atoms with van der Waals surface area (Å²) in [5.74, 6) is -1.93. The topological polar surface area (TPSA) is 23.6 Å². The average molecular weight is 326 g/mol. The highest BCUT2D eigenvalue weighted by Gasteiger charge is 2.19. The summed E-state index contributed by atoms with van der Waals surface area (Å²) in [7, 11) is 3.18. The minimum absolute atomic E-state index is 0.283. The van der Waals surface area contributed by atoms with E-state index in [4.69, 9.17) is 0 Å². The average Bonchev–Trinajstić information content (AvgIpc) is 2.61. The smallest absolute Gasteiger partial charge is 0.297 e. The van der Waals surface area contributed by atoms with Crippen LogP contribution < -0.4 is 9.80 Å². The van der Waals surface area contributed by atoms with Crippen LogP contribution in [0, 0.1) is 11.6 Å². The number of amides is 2. The van der Waals surface area contributed by atoms with E-state index in [9.17, 15) is 13.6 Å². The molecule has 0 saturated carbocycles. The Balaban J connectivity index is 1.94. The van der Waals surface area contributed by atoms with Crippen molar-refractivity contribution >= 4 is 28.2 Å². The first-order chi connectivity index (χ1) is 11.5. The first-order valence-electron chi connectivity index (χ1n) is 7.43. The zero-order chi connectivity index (χ0) is 17.3. The van der Waals surface area contributed by atoms with Crippen molar-refractivity contribution in [3.05, 3.63) is 72.3 Å². The van der Waals surface area contributed by atoms with Crippen molar-refractivity contribution in [3.8, 4) is 0 Å². The van der Waals surface area contributed by atoms with Gasteiger partial charge in [-0.25, -0.2) is 13.6 Å². The molecular formula is C19H16F2N2O. The standard InChI is InChI=1S/C19H16F2N2O/c1-22(14-10-11-16(20)17(21)12-14)19(24)23(2)18-9-5-7-13-6-3-4-8-15(13)18/h3-12H,1-2H3. The molecule has 122 valence electrons. The second-order valence-corrected chi connectivity index (χ2v) is 5.50. The summed E-state index contributed by atoms with van der Waals surface area (Å²) in [5.41, 5.74) is 1.03. The third kappa shape index (κ3) is 2.80. The van der Waals surface area contributed by atoms with E-state index in [2.05, 4.69) is 0 Å². The van der Waals surface area contributed by atoms with Crippen LogP contribution >= 0.6 is 0 Å². The van der Waals surface area contributed by atoms with Gasteiger partial charge in [-0.05, 0) is 23.6 Å². The molecule has 0 aromatic heterocycles. The highest BCUT2D eigenvalue weighted by Crippen LogP contribution is 2.27. The van der Waals surface area contributed by atoms with Crippen LogP contribution in [0.15, 0.2) is 60.7 Å². The molecule has 0 saturated heterocycles. The van der Waals surface area contributed by atoms with E-state index in [1.165, 1.54) is 22.9 Å². The van der Waals surface area contributed by atoms with E-state index in [1.54, 1.807) is 7.05 Å². The highest BCUT2D eigenvalue weighted by atomic mass is 19.2. The minimum Gasteiger partial charge on any atom is -0.297 e. The number of carbonyl (C=O) groups is 1. The first-order valence-corrected chi connectivity index (χ1v) is 7.43. The molecule has 2 amide bonds. The summed E-state index contributed by atoms with van der Waals surface area (Å²) in [5, 5.41) is 1.96. The van der Waals surface area contributed by atoms with E-state index in [1.807, 2.05) is 42.5 Å². The quantitative estimate of drug-likeness (QED) is 0.663. The zero-order valence-electron chi connectivity index (χ0n) is 13.3. The van der Waals surface area contributed by atoms with Gasteiger partial charge in [0.25, 0.3) is 0 Å². The van der Waals surface area contributed by atoms with Crippen LogP contribution in [0.2, 0.25) is 0 Å². The second kappa shape index (κ2) is 6.28. The number of benzene rings is 3. The Hall–Kier alpha value is -2.95. The maximum atomic E-state index is 13.4. The van der Waals surface area contributed by atoms with Gasteiger partial charge in [-0.15, -0.1) is 0 Å². The van der Waals surface area contributed by atoms with Crippen LogP contribution in [0.25, 0.3) is 10.8 Å². The number of hydrogen-bond donors (Lipinski definition) is 0. The minimum atomic E-state index is -0.986. The number of hydrogen-bond acceptors (Lipinski definition) is 1. The maximum absolute atomic E-state index is 13.4. The van der Waals surface area contributed by atoms with Gasteiger partial charge >= 0.3 is 6.03 Å². The van der Waals surface area contributed by atoms with Crippen LogP contribution in [0.1, 0.15) is 0 Å². The van der Waals surface area contributed by atoms with Crippen LogP contribution in [-0.4, -0.2) is 20.1 Å². The molecule has 24 heavy (non-hydrogen) atoms. The lowest BCUT2D eigenvalue weighted by atomic mass is 10.1. The summed E-state index contributed by atoms with van der Waals surface area (Å²) in [6.45, 7) is 0. The molecule has 0 unspecified atom stereocenters. The fourth-order valence-electron chi connectivity index (χ4n) is 2.63. The van der Waals surface area contributed by atoms with Gasteiger partial charge in [-0.3, -0.25) is 9.80 Å². The largest absolute Gasteiger partial charge is 0.328 e. The lowest BCUT2D eigenvalue weighted by Gasteiger charge is -2.26.